The number of methoxy groups -OCH3 is 2. The Bertz CT molecular complexity index is 1010. The van der Waals surface area contributed by atoms with Crippen molar-refractivity contribution in [3.8, 4) is 11.5 Å². The molecule has 1 aliphatic heterocycles. The molecule has 0 saturated heterocycles. The van der Waals surface area contributed by atoms with E-state index in [-0.39, 0.29) is 5.88 Å². The summed E-state index contributed by atoms with van der Waals surface area (Å²) in [5.41, 5.74) is -1.03. The van der Waals surface area contributed by atoms with E-state index in [1.165, 1.54) is 21.1 Å². The molecule has 1 amide bonds. The van der Waals surface area contributed by atoms with Gasteiger partial charge in [-0.1, -0.05) is 24.3 Å². The Balaban J connectivity index is 2.05. The quantitative estimate of drug-likeness (QED) is 0.730. The number of carbonyl (C=O) groups excluding carboxylic acids is 3. The first-order chi connectivity index (χ1) is 14.3. The molecule has 1 N–H and O–H groups in total. The SMILES string of the molecule is COc1cccc(OC)c1C1(C)OC(NC(=O)c2ccccc2)=C(OC(C)=O)C1=O. The first-order valence-corrected chi connectivity index (χ1v) is 9.06. The molecule has 2 aromatic carbocycles. The molecule has 8 nitrogen and oxygen atoms in total. The number of rotatable bonds is 6. The van der Waals surface area contributed by atoms with Crippen LogP contribution in [0.4, 0.5) is 0 Å². The first kappa shape index (κ1) is 20.9. The summed E-state index contributed by atoms with van der Waals surface area (Å²) in [7, 11) is 2.89. The Kier molecular flexibility index (Phi) is 5.77. The highest BCUT2D eigenvalue weighted by atomic mass is 16.6. The lowest BCUT2D eigenvalue weighted by Gasteiger charge is -2.27. The monoisotopic (exact) mass is 411 g/mol. The van der Waals surface area contributed by atoms with Gasteiger partial charge >= 0.3 is 5.97 Å². The normalized spacial score (nSPS) is 17.9. The summed E-state index contributed by atoms with van der Waals surface area (Å²) in [6.45, 7) is 2.64. The molecule has 30 heavy (non-hydrogen) atoms. The molecule has 0 radical (unpaired) electrons. The number of esters is 1. The molecular formula is C22H21NO7. The van der Waals surface area contributed by atoms with Crippen molar-refractivity contribution in [2.24, 2.45) is 0 Å². The van der Waals surface area contributed by atoms with Crippen LogP contribution in [0.15, 0.2) is 60.2 Å². The Morgan fingerprint density at radius 3 is 2.10 bits per heavy atom. The number of carbonyl (C=O) groups is 3. The van der Waals surface area contributed by atoms with Gasteiger partial charge in [0.2, 0.25) is 17.2 Å². The van der Waals surface area contributed by atoms with Crippen LogP contribution >= 0.6 is 0 Å². The van der Waals surface area contributed by atoms with Gasteiger partial charge in [0, 0.05) is 12.5 Å². The van der Waals surface area contributed by atoms with Crippen molar-refractivity contribution in [2.75, 3.05) is 14.2 Å². The maximum Gasteiger partial charge on any atom is 0.308 e. The maximum atomic E-state index is 13.3. The molecule has 0 bridgehead atoms. The van der Waals surface area contributed by atoms with E-state index < -0.39 is 29.0 Å². The van der Waals surface area contributed by atoms with Gasteiger partial charge in [-0.3, -0.25) is 19.7 Å². The Hall–Kier alpha value is -3.81. The fraction of sp³-hybridized carbons (Fsp3) is 0.227. The summed E-state index contributed by atoms with van der Waals surface area (Å²) >= 11 is 0. The number of benzene rings is 2. The highest BCUT2D eigenvalue weighted by molar-refractivity contribution is 6.06. The number of hydrogen-bond acceptors (Lipinski definition) is 7. The molecule has 0 aliphatic carbocycles. The lowest BCUT2D eigenvalue weighted by molar-refractivity contribution is -0.142. The highest BCUT2D eigenvalue weighted by Crippen LogP contribution is 2.46. The number of nitrogens with one attached hydrogen (secondary N) is 1. The van der Waals surface area contributed by atoms with Crippen LogP contribution in [0.3, 0.4) is 0 Å². The summed E-state index contributed by atoms with van der Waals surface area (Å²) in [5, 5.41) is 2.52. The Morgan fingerprint density at radius 1 is 0.967 bits per heavy atom. The van der Waals surface area contributed by atoms with Gasteiger partial charge in [0.1, 0.15) is 11.5 Å². The van der Waals surface area contributed by atoms with Gasteiger partial charge in [-0.15, -0.1) is 0 Å². The largest absolute Gasteiger partial charge is 0.496 e. The highest BCUT2D eigenvalue weighted by Gasteiger charge is 2.52. The van der Waals surface area contributed by atoms with Gasteiger partial charge < -0.3 is 18.9 Å². The van der Waals surface area contributed by atoms with Gasteiger partial charge in [0.15, 0.2) is 0 Å². The number of hydrogen-bond donors (Lipinski definition) is 1. The van der Waals surface area contributed by atoms with E-state index in [4.69, 9.17) is 18.9 Å². The second-order valence-electron chi connectivity index (χ2n) is 6.57. The maximum absolute atomic E-state index is 13.3. The third-order valence-electron chi connectivity index (χ3n) is 4.57. The van der Waals surface area contributed by atoms with Gasteiger partial charge in [0.25, 0.3) is 11.7 Å². The molecule has 1 aliphatic rings. The minimum Gasteiger partial charge on any atom is -0.496 e. The number of amides is 1. The molecule has 156 valence electrons. The van der Waals surface area contributed by atoms with Crippen molar-refractivity contribution < 1.29 is 33.3 Å². The van der Waals surface area contributed by atoms with Crippen molar-refractivity contribution in [2.45, 2.75) is 19.4 Å². The summed E-state index contributed by atoms with van der Waals surface area (Å²) in [5.74, 6) is -1.92. The van der Waals surface area contributed by atoms with Crippen LogP contribution in [0.25, 0.3) is 0 Å². The zero-order chi connectivity index (χ0) is 21.9. The fourth-order valence-corrected chi connectivity index (χ4v) is 3.19. The molecule has 3 rings (SSSR count). The molecule has 1 heterocycles. The van der Waals surface area contributed by atoms with Crippen LogP contribution in [-0.4, -0.2) is 31.9 Å². The van der Waals surface area contributed by atoms with Gasteiger partial charge in [-0.2, -0.15) is 0 Å². The van der Waals surface area contributed by atoms with E-state index in [1.807, 2.05) is 0 Å². The van der Waals surface area contributed by atoms with Gasteiger partial charge in [-0.25, -0.2) is 0 Å². The van der Waals surface area contributed by atoms with Crippen LogP contribution in [0.1, 0.15) is 29.8 Å². The predicted octanol–water partition coefficient (Wildman–Crippen LogP) is 2.68. The molecule has 1 atom stereocenters. The van der Waals surface area contributed by atoms with E-state index in [9.17, 15) is 14.4 Å². The molecule has 0 aromatic heterocycles. The number of Topliss-reactive ketones (excluding diaryl/α,β-unsaturated/α-hetero) is 1. The molecular weight excluding hydrogens is 390 g/mol. The van der Waals surface area contributed by atoms with E-state index in [1.54, 1.807) is 48.5 Å². The van der Waals surface area contributed by atoms with Crippen molar-refractivity contribution in [3.05, 3.63) is 71.3 Å². The van der Waals surface area contributed by atoms with Crippen molar-refractivity contribution in [3.63, 3.8) is 0 Å². The molecule has 0 fully saturated rings. The van der Waals surface area contributed by atoms with Gasteiger partial charge in [-0.05, 0) is 31.2 Å². The standard InChI is InChI=1S/C22H21NO7/c1-13(24)29-18-19(25)22(2,17-15(27-3)11-8-12-16(17)28-4)30-21(18)23-20(26)14-9-6-5-7-10-14/h5-12H,1-4H3,(H,23,26). The first-order valence-electron chi connectivity index (χ1n) is 9.06. The van der Waals surface area contributed by atoms with E-state index in [0.29, 0.717) is 22.6 Å². The minimum absolute atomic E-state index is 0.264. The molecule has 2 aromatic rings. The van der Waals surface area contributed by atoms with E-state index in [2.05, 4.69) is 5.32 Å². The molecule has 0 saturated carbocycles. The second kappa shape index (κ2) is 8.28. The average molecular weight is 411 g/mol. The molecule has 8 heteroatoms. The van der Waals surface area contributed by atoms with Crippen LogP contribution < -0.4 is 14.8 Å². The number of ketones is 1. The van der Waals surface area contributed by atoms with E-state index >= 15 is 0 Å². The topological polar surface area (TPSA) is 100 Å². The summed E-state index contributed by atoms with van der Waals surface area (Å²) in [6.07, 6.45) is 0. The zero-order valence-corrected chi connectivity index (χ0v) is 17.0. The summed E-state index contributed by atoms with van der Waals surface area (Å²) in [6, 6.07) is 13.3. The number of ether oxygens (including phenoxy) is 4. The van der Waals surface area contributed by atoms with Crippen molar-refractivity contribution in [1.82, 2.24) is 5.32 Å². The van der Waals surface area contributed by atoms with Crippen molar-refractivity contribution in [1.29, 1.82) is 0 Å². The van der Waals surface area contributed by atoms with Gasteiger partial charge in [0.05, 0.1) is 19.8 Å². The molecule has 0 spiro atoms. The Morgan fingerprint density at radius 2 is 1.57 bits per heavy atom. The van der Waals surface area contributed by atoms with Crippen LogP contribution in [-0.2, 0) is 24.7 Å². The Labute approximate surface area is 173 Å². The van der Waals surface area contributed by atoms with Crippen LogP contribution in [0, 0.1) is 0 Å². The van der Waals surface area contributed by atoms with Crippen LogP contribution in [0.5, 0.6) is 11.5 Å². The third-order valence-corrected chi connectivity index (χ3v) is 4.57. The predicted molar refractivity (Wildman–Crippen MR) is 106 cm³/mol. The minimum atomic E-state index is -1.66. The third kappa shape index (κ3) is 3.71. The fourth-order valence-electron chi connectivity index (χ4n) is 3.19. The van der Waals surface area contributed by atoms with Crippen LogP contribution in [0.2, 0.25) is 0 Å². The summed E-state index contributed by atoms with van der Waals surface area (Å²) in [4.78, 5) is 37.5. The molecule has 1 unspecified atom stereocenters. The van der Waals surface area contributed by atoms with Crippen molar-refractivity contribution >= 4 is 17.7 Å². The zero-order valence-electron chi connectivity index (χ0n) is 17.0. The average Bonchev–Trinajstić information content (AvgIpc) is 2.98. The smallest absolute Gasteiger partial charge is 0.308 e. The van der Waals surface area contributed by atoms with E-state index in [0.717, 1.165) is 6.92 Å². The summed E-state index contributed by atoms with van der Waals surface area (Å²) < 4.78 is 21.8. The second-order valence-corrected chi connectivity index (χ2v) is 6.57. The lowest BCUT2D eigenvalue weighted by atomic mass is 9.90. The lowest BCUT2D eigenvalue weighted by Crippen LogP contribution is -2.33.